The summed E-state index contributed by atoms with van der Waals surface area (Å²) in [5, 5.41) is 3.63. The van der Waals surface area contributed by atoms with Crippen molar-refractivity contribution in [2.75, 3.05) is 26.7 Å². The number of nitrogens with one attached hydrogen (secondary N) is 1. The van der Waals surface area contributed by atoms with Gasteiger partial charge in [0.2, 0.25) is 5.91 Å². The van der Waals surface area contributed by atoms with E-state index in [1.165, 1.54) is 44.9 Å². The number of carbonyl (C=O) groups excluding carboxylic acids is 1. The van der Waals surface area contributed by atoms with Gasteiger partial charge in [0.1, 0.15) is 0 Å². The van der Waals surface area contributed by atoms with E-state index in [9.17, 15) is 4.79 Å². The van der Waals surface area contributed by atoms with Gasteiger partial charge in [-0.15, -0.1) is 0 Å². The fraction of sp³-hybridized carbons (Fsp3) is 0.933. The SMILES string of the molecule is CN(C(=O)CN1CCCCC1CNC1CC1)C1CC1. The largest absolute Gasteiger partial charge is 0.342 e. The molecule has 0 aromatic heterocycles. The molecule has 0 aromatic rings. The van der Waals surface area contributed by atoms with Crippen LogP contribution < -0.4 is 5.32 Å². The molecule has 3 rings (SSSR count). The highest BCUT2D eigenvalue weighted by Gasteiger charge is 2.32. The van der Waals surface area contributed by atoms with Crippen LogP contribution in [0.25, 0.3) is 0 Å². The molecule has 4 nitrogen and oxygen atoms in total. The molecule has 1 unspecified atom stereocenters. The minimum Gasteiger partial charge on any atom is -0.342 e. The highest BCUT2D eigenvalue weighted by Crippen LogP contribution is 2.26. The minimum absolute atomic E-state index is 0.320. The quantitative estimate of drug-likeness (QED) is 0.784. The lowest BCUT2D eigenvalue weighted by molar-refractivity contribution is -0.132. The van der Waals surface area contributed by atoms with E-state index in [-0.39, 0.29) is 0 Å². The van der Waals surface area contributed by atoms with Crippen LogP contribution in [0.1, 0.15) is 44.9 Å². The summed E-state index contributed by atoms with van der Waals surface area (Å²) in [5.41, 5.74) is 0. The molecule has 1 N–H and O–H groups in total. The van der Waals surface area contributed by atoms with Gasteiger partial charge in [-0.1, -0.05) is 6.42 Å². The van der Waals surface area contributed by atoms with Crippen molar-refractivity contribution in [1.29, 1.82) is 0 Å². The van der Waals surface area contributed by atoms with Crippen molar-refractivity contribution in [2.45, 2.75) is 63.1 Å². The van der Waals surface area contributed by atoms with Crippen LogP contribution in [-0.4, -0.2) is 60.5 Å². The van der Waals surface area contributed by atoms with Gasteiger partial charge in [0.05, 0.1) is 6.54 Å². The number of piperidine rings is 1. The van der Waals surface area contributed by atoms with Crippen molar-refractivity contribution < 1.29 is 4.79 Å². The number of hydrogen-bond acceptors (Lipinski definition) is 3. The van der Waals surface area contributed by atoms with Crippen molar-refractivity contribution in [3.8, 4) is 0 Å². The molecule has 2 saturated carbocycles. The Hall–Kier alpha value is -0.610. The van der Waals surface area contributed by atoms with Gasteiger partial charge in [-0.05, 0) is 45.1 Å². The third-order valence-electron chi connectivity index (χ3n) is 4.79. The van der Waals surface area contributed by atoms with E-state index < -0.39 is 0 Å². The molecule has 1 heterocycles. The summed E-state index contributed by atoms with van der Waals surface area (Å²) in [7, 11) is 1.97. The molecule has 4 heteroatoms. The Labute approximate surface area is 116 Å². The van der Waals surface area contributed by atoms with E-state index in [1.807, 2.05) is 11.9 Å². The molecule has 3 fully saturated rings. The topological polar surface area (TPSA) is 35.6 Å². The van der Waals surface area contributed by atoms with Gasteiger partial charge in [0.25, 0.3) is 0 Å². The number of rotatable bonds is 6. The predicted molar refractivity (Wildman–Crippen MR) is 76.0 cm³/mol. The first-order valence-corrected chi connectivity index (χ1v) is 7.97. The van der Waals surface area contributed by atoms with Gasteiger partial charge in [-0.2, -0.15) is 0 Å². The highest BCUT2D eigenvalue weighted by atomic mass is 16.2. The van der Waals surface area contributed by atoms with Crippen LogP contribution in [0.5, 0.6) is 0 Å². The van der Waals surface area contributed by atoms with Gasteiger partial charge < -0.3 is 10.2 Å². The number of likely N-dealkylation sites (tertiary alicyclic amines) is 1. The van der Waals surface area contributed by atoms with Crippen molar-refractivity contribution in [2.24, 2.45) is 0 Å². The smallest absolute Gasteiger partial charge is 0.236 e. The Balaban J connectivity index is 1.48. The van der Waals surface area contributed by atoms with Crippen molar-refractivity contribution in [3.05, 3.63) is 0 Å². The number of hydrogen-bond donors (Lipinski definition) is 1. The molecule has 0 aromatic carbocycles. The fourth-order valence-corrected chi connectivity index (χ4v) is 3.04. The van der Waals surface area contributed by atoms with Crippen LogP contribution in [0.3, 0.4) is 0 Å². The van der Waals surface area contributed by atoms with E-state index in [4.69, 9.17) is 0 Å². The number of likely N-dealkylation sites (N-methyl/N-ethyl adjacent to an activating group) is 1. The standard InChI is InChI=1S/C15H27N3O/c1-17(13-7-8-13)15(19)11-18-9-3-2-4-14(18)10-16-12-5-6-12/h12-14,16H,2-11H2,1H3. The lowest BCUT2D eigenvalue weighted by Crippen LogP contribution is -2.50. The normalized spacial score (nSPS) is 28.4. The summed E-state index contributed by atoms with van der Waals surface area (Å²) >= 11 is 0. The highest BCUT2D eigenvalue weighted by molar-refractivity contribution is 5.78. The Morgan fingerprint density at radius 1 is 1.21 bits per heavy atom. The van der Waals surface area contributed by atoms with Crippen molar-refractivity contribution >= 4 is 5.91 Å². The lowest BCUT2D eigenvalue weighted by Gasteiger charge is -2.36. The van der Waals surface area contributed by atoms with Crippen molar-refractivity contribution in [3.63, 3.8) is 0 Å². The average Bonchev–Trinajstić information content (AvgIpc) is 3.29. The van der Waals surface area contributed by atoms with Gasteiger partial charge >= 0.3 is 0 Å². The Kier molecular flexibility index (Phi) is 4.08. The van der Waals surface area contributed by atoms with Crippen LogP contribution in [0.15, 0.2) is 0 Å². The van der Waals surface area contributed by atoms with Crippen LogP contribution in [0.2, 0.25) is 0 Å². The Morgan fingerprint density at radius 3 is 2.68 bits per heavy atom. The molecule has 2 aliphatic carbocycles. The minimum atomic E-state index is 0.320. The van der Waals surface area contributed by atoms with E-state index in [0.29, 0.717) is 24.5 Å². The van der Waals surface area contributed by atoms with Crippen LogP contribution in [-0.2, 0) is 4.79 Å². The molecule has 0 radical (unpaired) electrons. The third-order valence-corrected chi connectivity index (χ3v) is 4.79. The summed E-state index contributed by atoms with van der Waals surface area (Å²) < 4.78 is 0. The van der Waals surface area contributed by atoms with Gasteiger partial charge in [-0.3, -0.25) is 9.69 Å². The Bertz CT molecular complexity index is 325. The summed E-state index contributed by atoms with van der Waals surface area (Å²) in [6, 6.07) is 1.89. The molecule has 0 spiro atoms. The molecule has 3 aliphatic rings. The molecule has 1 atom stereocenters. The van der Waals surface area contributed by atoms with Crippen LogP contribution in [0.4, 0.5) is 0 Å². The van der Waals surface area contributed by atoms with E-state index in [0.717, 1.165) is 19.1 Å². The molecule has 19 heavy (non-hydrogen) atoms. The average molecular weight is 265 g/mol. The summed E-state index contributed by atoms with van der Waals surface area (Å²) in [6.45, 7) is 2.80. The molecular formula is C15H27N3O. The number of amides is 1. The Morgan fingerprint density at radius 2 is 2.00 bits per heavy atom. The second-order valence-corrected chi connectivity index (χ2v) is 6.54. The van der Waals surface area contributed by atoms with E-state index in [1.54, 1.807) is 0 Å². The molecule has 1 saturated heterocycles. The lowest BCUT2D eigenvalue weighted by atomic mass is 10.0. The van der Waals surface area contributed by atoms with E-state index in [2.05, 4.69) is 10.2 Å². The first-order chi connectivity index (χ1) is 9.24. The summed E-state index contributed by atoms with van der Waals surface area (Å²) in [5.74, 6) is 0.320. The first kappa shape index (κ1) is 13.4. The summed E-state index contributed by atoms with van der Waals surface area (Å²) in [6.07, 6.45) is 8.91. The second kappa shape index (κ2) is 5.80. The van der Waals surface area contributed by atoms with Crippen molar-refractivity contribution in [1.82, 2.24) is 15.1 Å². The third kappa shape index (κ3) is 3.69. The molecule has 0 bridgehead atoms. The number of nitrogens with zero attached hydrogens (tertiary/aromatic N) is 2. The van der Waals surface area contributed by atoms with E-state index >= 15 is 0 Å². The number of carbonyl (C=O) groups is 1. The maximum atomic E-state index is 12.3. The predicted octanol–water partition coefficient (Wildman–Crippen LogP) is 1.21. The second-order valence-electron chi connectivity index (χ2n) is 6.54. The molecular weight excluding hydrogens is 238 g/mol. The zero-order valence-corrected chi connectivity index (χ0v) is 12.1. The maximum absolute atomic E-state index is 12.3. The van der Waals surface area contributed by atoms with Gasteiger partial charge in [-0.25, -0.2) is 0 Å². The van der Waals surface area contributed by atoms with Crippen LogP contribution >= 0.6 is 0 Å². The van der Waals surface area contributed by atoms with Gasteiger partial charge in [0, 0.05) is 31.7 Å². The zero-order valence-electron chi connectivity index (χ0n) is 12.1. The maximum Gasteiger partial charge on any atom is 0.236 e. The molecule has 1 amide bonds. The first-order valence-electron chi connectivity index (χ1n) is 7.97. The zero-order chi connectivity index (χ0) is 13.2. The summed E-state index contributed by atoms with van der Waals surface area (Å²) in [4.78, 5) is 16.6. The van der Waals surface area contributed by atoms with Crippen LogP contribution in [0, 0.1) is 0 Å². The van der Waals surface area contributed by atoms with Gasteiger partial charge in [0.15, 0.2) is 0 Å². The monoisotopic (exact) mass is 265 g/mol. The molecule has 1 aliphatic heterocycles. The molecule has 108 valence electrons. The fourth-order valence-electron chi connectivity index (χ4n) is 3.04.